The Kier molecular flexibility index (Phi) is 3.48. The summed E-state index contributed by atoms with van der Waals surface area (Å²) in [5.41, 5.74) is 2.59. The quantitative estimate of drug-likeness (QED) is 0.694. The minimum atomic E-state index is 0.200. The van der Waals surface area contributed by atoms with Crippen molar-refractivity contribution in [1.82, 2.24) is 0 Å². The van der Waals surface area contributed by atoms with Crippen molar-refractivity contribution in [2.45, 2.75) is 41.0 Å². The predicted molar refractivity (Wildman–Crippen MR) is 62.3 cm³/mol. The fraction of sp³-hybridized carbons (Fsp3) is 0.583. The summed E-state index contributed by atoms with van der Waals surface area (Å²) in [7, 11) is 0. The number of aryl methyl sites for hydroxylation is 1. The van der Waals surface area contributed by atoms with Crippen molar-refractivity contribution in [3.05, 3.63) is 20.9 Å². The Labute approximate surface area is 90.2 Å². The van der Waals surface area contributed by atoms with E-state index in [9.17, 15) is 4.79 Å². The highest BCUT2D eigenvalue weighted by molar-refractivity contribution is 7.14. The Morgan fingerprint density at radius 3 is 2.29 bits per heavy atom. The van der Waals surface area contributed by atoms with Crippen LogP contribution >= 0.6 is 11.3 Å². The highest BCUT2D eigenvalue weighted by Gasteiger charge is 2.15. The lowest BCUT2D eigenvalue weighted by Crippen LogP contribution is -1.98. The van der Waals surface area contributed by atoms with Crippen molar-refractivity contribution in [3.63, 3.8) is 0 Å². The molecule has 0 spiro atoms. The number of carbonyl (C=O) groups excluding carboxylic acids is 1. The summed E-state index contributed by atoms with van der Waals surface area (Å²) >= 11 is 1.64. The molecule has 0 N–H and O–H groups in total. The molecule has 1 aromatic rings. The minimum Gasteiger partial charge on any atom is -0.294 e. The summed E-state index contributed by atoms with van der Waals surface area (Å²) in [6, 6.07) is 0. The molecule has 0 atom stereocenters. The lowest BCUT2D eigenvalue weighted by Gasteiger charge is -2.05. The standard InChI is InChI=1S/C12H18OS/c1-7(2)6-11-8(3)12(9(4)13)14-10(11)5/h7H,6H2,1-5H3. The molecule has 0 unspecified atom stereocenters. The first-order valence-corrected chi connectivity index (χ1v) is 5.85. The van der Waals surface area contributed by atoms with Gasteiger partial charge < -0.3 is 0 Å². The van der Waals surface area contributed by atoms with Gasteiger partial charge in [0, 0.05) is 4.88 Å². The van der Waals surface area contributed by atoms with E-state index < -0.39 is 0 Å². The van der Waals surface area contributed by atoms with Crippen LogP contribution in [0.2, 0.25) is 0 Å². The zero-order chi connectivity index (χ0) is 10.9. The van der Waals surface area contributed by atoms with E-state index >= 15 is 0 Å². The molecule has 14 heavy (non-hydrogen) atoms. The molecule has 1 rings (SSSR count). The lowest BCUT2D eigenvalue weighted by molar-refractivity contribution is 0.102. The van der Waals surface area contributed by atoms with Crippen molar-refractivity contribution in [2.24, 2.45) is 5.92 Å². The molecule has 0 saturated heterocycles. The second-order valence-electron chi connectivity index (χ2n) is 4.25. The van der Waals surface area contributed by atoms with E-state index in [1.165, 1.54) is 16.0 Å². The Morgan fingerprint density at radius 2 is 1.93 bits per heavy atom. The fourth-order valence-electron chi connectivity index (χ4n) is 1.73. The summed E-state index contributed by atoms with van der Waals surface area (Å²) in [5, 5.41) is 0. The number of hydrogen-bond donors (Lipinski definition) is 0. The number of hydrogen-bond acceptors (Lipinski definition) is 2. The molecule has 2 heteroatoms. The van der Waals surface area contributed by atoms with Gasteiger partial charge in [-0.25, -0.2) is 0 Å². The molecule has 1 heterocycles. The monoisotopic (exact) mass is 210 g/mol. The van der Waals surface area contributed by atoms with E-state index in [1.54, 1.807) is 18.3 Å². The largest absolute Gasteiger partial charge is 0.294 e. The number of Topliss-reactive ketones (excluding diaryl/α,β-unsaturated/α-hetero) is 1. The highest BCUT2D eigenvalue weighted by Crippen LogP contribution is 2.29. The second-order valence-corrected chi connectivity index (χ2v) is 5.47. The Bertz CT molecular complexity index is 347. The molecule has 0 bridgehead atoms. The van der Waals surface area contributed by atoms with Crippen LogP contribution in [0.5, 0.6) is 0 Å². The molecule has 0 aromatic carbocycles. The van der Waals surface area contributed by atoms with Gasteiger partial charge in [0.2, 0.25) is 0 Å². The Morgan fingerprint density at radius 1 is 1.36 bits per heavy atom. The maximum Gasteiger partial charge on any atom is 0.169 e. The third kappa shape index (κ3) is 2.24. The van der Waals surface area contributed by atoms with Crippen LogP contribution in [0.1, 0.15) is 46.4 Å². The smallest absolute Gasteiger partial charge is 0.169 e. The maximum atomic E-state index is 11.3. The normalized spacial score (nSPS) is 11.0. The molecule has 0 fully saturated rings. The molecule has 1 aromatic heterocycles. The zero-order valence-electron chi connectivity index (χ0n) is 9.60. The molecule has 0 aliphatic rings. The second kappa shape index (κ2) is 4.26. The first-order chi connectivity index (χ1) is 6.43. The van der Waals surface area contributed by atoms with Gasteiger partial charge in [0.25, 0.3) is 0 Å². The van der Waals surface area contributed by atoms with Gasteiger partial charge in [0.15, 0.2) is 5.78 Å². The molecule has 0 aliphatic carbocycles. The SMILES string of the molecule is CC(=O)c1sc(C)c(CC(C)C)c1C. The van der Waals surface area contributed by atoms with Gasteiger partial charge in [-0.05, 0) is 44.2 Å². The van der Waals surface area contributed by atoms with Crippen LogP contribution in [0.3, 0.4) is 0 Å². The average molecular weight is 210 g/mol. The van der Waals surface area contributed by atoms with E-state index in [0.717, 1.165) is 11.3 Å². The molecule has 1 nitrogen and oxygen atoms in total. The molecule has 0 saturated carbocycles. The van der Waals surface area contributed by atoms with Gasteiger partial charge >= 0.3 is 0 Å². The Balaban J connectivity index is 3.11. The molecule has 78 valence electrons. The van der Waals surface area contributed by atoms with Crippen LogP contribution < -0.4 is 0 Å². The summed E-state index contributed by atoms with van der Waals surface area (Å²) in [6.45, 7) is 10.3. The molecule has 0 radical (unpaired) electrons. The van der Waals surface area contributed by atoms with Crippen LogP contribution in [0.15, 0.2) is 0 Å². The van der Waals surface area contributed by atoms with Crippen molar-refractivity contribution in [3.8, 4) is 0 Å². The van der Waals surface area contributed by atoms with E-state index in [1.807, 2.05) is 0 Å². The van der Waals surface area contributed by atoms with E-state index in [-0.39, 0.29) is 5.78 Å². The van der Waals surface area contributed by atoms with Crippen molar-refractivity contribution < 1.29 is 4.79 Å². The third-order valence-electron chi connectivity index (χ3n) is 2.41. The third-order valence-corrected chi connectivity index (χ3v) is 3.76. The first-order valence-electron chi connectivity index (χ1n) is 5.03. The van der Waals surface area contributed by atoms with E-state index in [4.69, 9.17) is 0 Å². The van der Waals surface area contributed by atoms with Crippen LogP contribution in [0.25, 0.3) is 0 Å². The van der Waals surface area contributed by atoms with Crippen molar-refractivity contribution in [1.29, 1.82) is 0 Å². The number of carbonyl (C=O) groups is 1. The van der Waals surface area contributed by atoms with E-state index in [2.05, 4.69) is 27.7 Å². The summed E-state index contributed by atoms with van der Waals surface area (Å²) < 4.78 is 0. The summed E-state index contributed by atoms with van der Waals surface area (Å²) in [6.07, 6.45) is 1.08. The van der Waals surface area contributed by atoms with Crippen molar-refractivity contribution in [2.75, 3.05) is 0 Å². The van der Waals surface area contributed by atoms with Crippen LogP contribution in [0.4, 0.5) is 0 Å². The predicted octanol–water partition coefficient (Wildman–Crippen LogP) is 3.77. The summed E-state index contributed by atoms with van der Waals surface area (Å²) in [4.78, 5) is 13.6. The van der Waals surface area contributed by atoms with Crippen molar-refractivity contribution >= 4 is 17.1 Å². The topological polar surface area (TPSA) is 17.1 Å². The van der Waals surface area contributed by atoms with Crippen LogP contribution in [-0.2, 0) is 6.42 Å². The van der Waals surface area contributed by atoms with Gasteiger partial charge in [-0.2, -0.15) is 0 Å². The van der Waals surface area contributed by atoms with E-state index in [0.29, 0.717) is 5.92 Å². The molecule has 0 aliphatic heterocycles. The van der Waals surface area contributed by atoms with Gasteiger partial charge in [0.05, 0.1) is 4.88 Å². The fourth-order valence-corrected chi connectivity index (χ4v) is 2.82. The average Bonchev–Trinajstić information content (AvgIpc) is 2.31. The zero-order valence-corrected chi connectivity index (χ0v) is 10.4. The molecular weight excluding hydrogens is 192 g/mol. The van der Waals surface area contributed by atoms with Gasteiger partial charge in [-0.15, -0.1) is 11.3 Å². The van der Waals surface area contributed by atoms with Crippen LogP contribution in [-0.4, -0.2) is 5.78 Å². The first kappa shape index (κ1) is 11.4. The number of ketones is 1. The number of rotatable bonds is 3. The van der Waals surface area contributed by atoms with Gasteiger partial charge in [-0.3, -0.25) is 4.79 Å². The summed E-state index contributed by atoms with van der Waals surface area (Å²) in [5.74, 6) is 0.854. The van der Waals surface area contributed by atoms with Gasteiger partial charge in [0.1, 0.15) is 0 Å². The number of thiophene rings is 1. The Hall–Kier alpha value is -0.630. The molecular formula is C12H18OS. The highest BCUT2D eigenvalue weighted by atomic mass is 32.1. The lowest BCUT2D eigenvalue weighted by atomic mass is 9.99. The van der Waals surface area contributed by atoms with Crippen LogP contribution in [0, 0.1) is 19.8 Å². The maximum absolute atomic E-state index is 11.3. The molecule has 0 amide bonds. The van der Waals surface area contributed by atoms with Gasteiger partial charge in [-0.1, -0.05) is 13.8 Å². The minimum absolute atomic E-state index is 0.200.